The van der Waals surface area contributed by atoms with Crippen molar-refractivity contribution in [2.24, 2.45) is 7.05 Å². The van der Waals surface area contributed by atoms with E-state index in [0.29, 0.717) is 5.56 Å². The summed E-state index contributed by atoms with van der Waals surface area (Å²) in [6.07, 6.45) is 4.23. The minimum Gasteiger partial charge on any atom is -0.363 e. The maximum absolute atomic E-state index is 11.8. The molecule has 0 radical (unpaired) electrons. The number of hydrogen-bond donors (Lipinski definition) is 0. The Morgan fingerprint density at radius 3 is 2.39 bits per heavy atom. The molecule has 5 aromatic rings. The molecule has 0 N–H and O–H groups in total. The number of imidazole rings is 1. The van der Waals surface area contributed by atoms with Crippen LogP contribution in [0, 0.1) is 11.3 Å². The molecule has 6 nitrogen and oxygen atoms in total. The Morgan fingerprint density at radius 1 is 0.974 bits per heavy atom. The first-order chi connectivity index (χ1) is 17.8. The molecule has 1 atom stereocenters. The van der Waals surface area contributed by atoms with Gasteiger partial charge in [-0.25, -0.2) is 13.4 Å². The second-order valence-electron chi connectivity index (χ2n) is 8.98. The highest BCUT2D eigenvalue weighted by Crippen LogP contribution is 2.35. The standard InChI is InChI=1S/C30H25N3O3S.ClH/c1-33-20-32-18-29(33)30(36-19-21-10-14-25(15-11-21)37(2,34)35)23-12-13-24(17-31)28(16-23)27-9-5-7-22-6-3-4-8-26(22)27;/h3-16,18,20,30H,19H2,1-2H3;1H. The molecule has 0 saturated carbocycles. The predicted molar refractivity (Wildman–Crippen MR) is 151 cm³/mol. The first kappa shape index (κ1) is 27.1. The summed E-state index contributed by atoms with van der Waals surface area (Å²) in [6, 6.07) is 29.0. The molecule has 0 fully saturated rings. The SMILES string of the molecule is Cl.Cn1cncc1C(OCc1ccc(S(C)(=O)=O)cc1)c1ccc(C#N)c(-c2cccc3ccccc23)c1. The van der Waals surface area contributed by atoms with Gasteiger partial charge in [0.05, 0.1) is 41.4 Å². The zero-order chi connectivity index (χ0) is 26.0. The van der Waals surface area contributed by atoms with Gasteiger partial charge in [-0.15, -0.1) is 12.4 Å². The lowest BCUT2D eigenvalue weighted by molar-refractivity contribution is 0.0622. The van der Waals surface area contributed by atoms with Crippen molar-refractivity contribution in [2.75, 3.05) is 6.26 Å². The van der Waals surface area contributed by atoms with Crippen LogP contribution in [0.5, 0.6) is 0 Å². The van der Waals surface area contributed by atoms with Crippen LogP contribution in [0.3, 0.4) is 0 Å². The van der Waals surface area contributed by atoms with Gasteiger partial charge in [0, 0.05) is 18.9 Å². The van der Waals surface area contributed by atoms with Gasteiger partial charge < -0.3 is 9.30 Å². The van der Waals surface area contributed by atoms with E-state index in [9.17, 15) is 13.7 Å². The Morgan fingerprint density at radius 2 is 1.71 bits per heavy atom. The first-order valence-corrected chi connectivity index (χ1v) is 13.6. The number of aryl methyl sites for hydroxylation is 1. The Kier molecular flexibility index (Phi) is 7.98. The minimum absolute atomic E-state index is 0. The summed E-state index contributed by atoms with van der Waals surface area (Å²) < 4.78 is 31.9. The number of fused-ring (bicyclic) bond motifs is 1. The molecule has 0 amide bonds. The number of ether oxygens (including phenoxy) is 1. The third kappa shape index (κ3) is 5.48. The van der Waals surface area contributed by atoms with Crippen molar-refractivity contribution in [1.29, 1.82) is 5.26 Å². The normalized spacial score (nSPS) is 12.0. The molecule has 0 bridgehead atoms. The van der Waals surface area contributed by atoms with Crippen molar-refractivity contribution < 1.29 is 13.2 Å². The number of nitriles is 1. The van der Waals surface area contributed by atoms with E-state index < -0.39 is 15.9 Å². The summed E-state index contributed by atoms with van der Waals surface area (Å²) in [6.45, 7) is 0.267. The first-order valence-electron chi connectivity index (χ1n) is 11.7. The second-order valence-corrected chi connectivity index (χ2v) is 11.0. The lowest BCUT2D eigenvalue weighted by Crippen LogP contribution is -2.11. The summed E-state index contributed by atoms with van der Waals surface area (Å²) in [4.78, 5) is 4.55. The van der Waals surface area contributed by atoms with E-state index in [1.165, 1.54) is 6.26 Å². The van der Waals surface area contributed by atoms with Gasteiger partial charge >= 0.3 is 0 Å². The number of sulfone groups is 1. The number of nitrogens with zero attached hydrogens (tertiary/aromatic N) is 3. The fourth-order valence-corrected chi connectivity index (χ4v) is 5.12. The van der Waals surface area contributed by atoms with Gasteiger partial charge in [0.25, 0.3) is 0 Å². The molecule has 1 unspecified atom stereocenters. The van der Waals surface area contributed by atoms with Crippen molar-refractivity contribution in [3.05, 3.63) is 120 Å². The van der Waals surface area contributed by atoms with Crippen molar-refractivity contribution in [2.45, 2.75) is 17.6 Å². The van der Waals surface area contributed by atoms with Gasteiger partial charge in [0.2, 0.25) is 0 Å². The Labute approximate surface area is 228 Å². The van der Waals surface area contributed by atoms with Crippen LogP contribution in [-0.2, 0) is 28.2 Å². The second kappa shape index (κ2) is 11.2. The molecule has 4 aromatic carbocycles. The van der Waals surface area contributed by atoms with Crippen LogP contribution in [0.4, 0.5) is 0 Å². The van der Waals surface area contributed by atoms with E-state index >= 15 is 0 Å². The Bertz CT molecular complexity index is 1730. The van der Waals surface area contributed by atoms with Gasteiger partial charge in [-0.3, -0.25) is 0 Å². The third-order valence-electron chi connectivity index (χ3n) is 6.44. The van der Waals surface area contributed by atoms with E-state index in [-0.39, 0.29) is 23.9 Å². The molecule has 0 aliphatic carbocycles. The predicted octanol–water partition coefficient (Wildman–Crippen LogP) is 6.24. The summed E-state index contributed by atoms with van der Waals surface area (Å²) in [7, 11) is -1.36. The van der Waals surface area contributed by atoms with Crippen molar-refractivity contribution in [3.63, 3.8) is 0 Å². The number of rotatable bonds is 7. The zero-order valence-electron chi connectivity index (χ0n) is 20.9. The maximum Gasteiger partial charge on any atom is 0.175 e. The van der Waals surface area contributed by atoms with E-state index in [4.69, 9.17) is 4.74 Å². The smallest absolute Gasteiger partial charge is 0.175 e. The number of benzene rings is 4. The minimum atomic E-state index is -3.27. The molecule has 1 heterocycles. The Balaban J connectivity index is 0.00000336. The highest BCUT2D eigenvalue weighted by molar-refractivity contribution is 7.90. The molecule has 38 heavy (non-hydrogen) atoms. The monoisotopic (exact) mass is 543 g/mol. The van der Waals surface area contributed by atoms with Crippen LogP contribution in [0.25, 0.3) is 21.9 Å². The average molecular weight is 544 g/mol. The zero-order valence-corrected chi connectivity index (χ0v) is 22.5. The lowest BCUT2D eigenvalue weighted by Gasteiger charge is -2.21. The highest BCUT2D eigenvalue weighted by Gasteiger charge is 2.21. The summed E-state index contributed by atoms with van der Waals surface area (Å²) in [5.41, 5.74) is 5.00. The quantitative estimate of drug-likeness (QED) is 0.242. The van der Waals surface area contributed by atoms with Crippen LogP contribution in [0.15, 0.2) is 102 Å². The fraction of sp³-hybridized carbons (Fsp3) is 0.133. The molecular weight excluding hydrogens is 518 g/mol. The van der Waals surface area contributed by atoms with E-state index in [1.807, 2.05) is 54.1 Å². The van der Waals surface area contributed by atoms with Gasteiger partial charge in [-0.05, 0) is 51.7 Å². The molecule has 0 aliphatic heterocycles. The number of hydrogen-bond acceptors (Lipinski definition) is 5. The molecular formula is C30H26ClN3O3S. The van der Waals surface area contributed by atoms with E-state index in [0.717, 1.165) is 38.7 Å². The van der Waals surface area contributed by atoms with Crippen LogP contribution in [-0.4, -0.2) is 24.2 Å². The van der Waals surface area contributed by atoms with Crippen molar-refractivity contribution in [1.82, 2.24) is 9.55 Å². The van der Waals surface area contributed by atoms with E-state index in [1.54, 1.807) is 36.8 Å². The molecule has 192 valence electrons. The topological polar surface area (TPSA) is 85.0 Å². The summed E-state index contributed by atoms with van der Waals surface area (Å²) >= 11 is 0. The summed E-state index contributed by atoms with van der Waals surface area (Å²) in [5.74, 6) is 0. The van der Waals surface area contributed by atoms with Crippen LogP contribution < -0.4 is 0 Å². The average Bonchev–Trinajstić information content (AvgIpc) is 3.33. The van der Waals surface area contributed by atoms with Gasteiger partial charge in [-0.1, -0.05) is 60.7 Å². The number of halogens is 1. The van der Waals surface area contributed by atoms with Crippen molar-refractivity contribution in [3.8, 4) is 17.2 Å². The van der Waals surface area contributed by atoms with Crippen molar-refractivity contribution >= 4 is 33.0 Å². The fourth-order valence-electron chi connectivity index (χ4n) is 4.49. The highest BCUT2D eigenvalue weighted by atomic mass is 35.5. The number of aromatic nitrogens is 2. The van der Waals surface area contributed by atoms with E-state index in [2.05, 4.69) is 29.3 Å². The van der Waals surface area contributed by atoms with Crippen LogP contribution in [0.2, 0.25) is 0 Å². The van der Waals surface area contributed by atoms with Crippen LogP contribution in [0.1, 0.15) is 28.5 Å². The van der Waals surface area contributed by atoms with Gasteiger partial charge in [-0.2, -0.15) is 5.26 Å². The summed E-state index contributed by atoms with van der Waals surface area (Å²) in [5, 5.41) is 12.1. The molecule has 1 aromatic heterocycles. The molecule has 0 aliphatic rings. The molecule has 0 spiro atoms. The molecule has 0 saturated heterocycles. The largest absolute Gasteiger partial charge is 0.363 e. The Hall–Kier alpha value is -3.96. The van der Waals surface area contributed by atoms with Gasteiger partial charge in [0.1, 0.15) is 6.10 Å². The molecule has 8 heteroatoms. The molecule has 5 rings (SSSR count). The maximum atomic E-state index is 11.8. The van der Waals surface area contributed by atoms with Crippen LogP contribution >= 0.6 is 12.4 Å². The van der Waals surface area contributed by atoms with Gasteiger partial charge in [0.15, 0.2) is 9.84 Å². The third-order valence-corrected chi connectivity index (χ3v) is 7.57. The lowest BCUT2D eigenvalue weighted by atomic mass is 9.92.